The van der Waals surface area contributed by atoms with E-state index in [1.165, 1.54) is 24.2 Å². The van der Waals surface area contributed by atoms with Crippen LogP contribution in [0.15, 0.2) is 0 Å². The number of hydrogen-bond donors (Lipinski definition) is 2. The molecule has 2 unspecified atom stereocenters. The summed E-state index contributed by atoms with van der Waals surface area (Å²) >= 11 is 0. The van der Waals surface area contributed by atoms with Crippen LogP contribution in [0.1, 0.15) is 52.9 Å². The van der Waals surface area contributed by atoms with Gasteiger partial charge in [0.05, 0.1) is 0 Å². The molecule has 112 valence electrons. The van der Waals surface area contributed by atoms with Crippen molar-refractivity contribution in [2.45, 2.75) is 65.0 Å². The van der Waals surface area contributed by atoms with Gasteiger partial charge >= 0.3 is 6.03 Å². The highest BCUT2D eigenvalue weighted by atomic mass is 16.2. The van der Waals surface area contributed by atoms with E-state index in [0.29, 0.717) is 0 Å². The Bertz CT molecular complexity index is 280. The summed E-state index contributed by atoms with van der Waals surface area (Å²) in [6.45, 7) is 5.86. The smallest absolute Gasteiger partial charge is 0.315 e. The van der Waals surface area contributed by atoms with Gasteiger partial charge in [0.1, 0.15) is 6.04 Å². The quantitative estimate of drug-likeness (QED) is 0.664. The molecule has 0 radical (unpaired) electrons. The molecule has 0 rings (SSSR count). The fourth-order valence-corrected chi connectivity index (χ4v) is 1.86. The maximum absolute atomic E-state index is 11.7. The lowest BCUT2D eigenvalue weighted by atomic mass is 10.1. The number of rotatable bonds is 8. The Morgan fingerprint density at radius 2 is 1.68 bits per heavy atom. The predicted molar refractivity (Wildman–Crippen MR) is 78.0 cm³/mol. The second kappa shape index (κ2) is 9.64. The molecule has 2 atom stereocenters. The van der Waals surface area contributed by atoms with E-state index in [9.17, 15) is 9.59 Å². The van der Waals surface area contributed by atoms with E-state index >= 15 is 0 Å². The van der Waals surface area contributed by atoms with E-state index in [1.54, 1.807) is 21.0 Å². The van der Waals surface area contributed by atoms with Crippen molar-refractivity contribution in [2.75, 3.05) is 14.1 Å². The number of nitrogens with zero attached hydrogens (tertiary/aromatic N) is 1. The van der Waals surface area contributed by atoms with Gasteiger partial charge < -0.3 is 15.5 Å². The van der Waals surface area contributed by atoms with Crippen LogP contribution in [-0.2, 0) is 4.79 Å². The SMILES string of the molecule is CCCCCCC(C)NC(=O)NC(C)C(=O)N(C)C. The van der Waals surface area contributed by atoms with Gasteiger partial charge in [0, 0.05) is 20.1 Å². The summed E-state index contributed by atoms with van der Waals surface area (Å²) < 4.78 is 0. The molecule has 0 aliphatic carbocycles. The minimum atomic E-state index is -0.498. The topological polar surface area (TPSA) is 61.4 Å². The fraction of sp³-hybridized carbons (Fsp3) is 0.857. The molecular formula is C14H29N3O2. The van der Waals surface area contributed by atoms with Crippen molar-refractivity contribution in [2.24, 2.45) is 0 Å². The highest BCUT2D eigenvalue weighted by Gasteiger charge is 2.17. The number of carbonyl (C=O) groups excluding carboxylic acids is 2. The average molecular weight is 271 g/mol. The van der Waals surface area contributed by atoms with Crippen LogP contribution in [0, 0.1) is 0 Å². The first-order valence-corrected chi connectivity index (χ1v) is 7.16. The molecular weight excluding hydrogens is 242 g/mol. The molecule has 2 N–H and O–H groups in total. The van der Waals surface area contributed by atoms with Crippen molar-refractivity contribution in [1.82, 2.24) is 15.5 Å². The van der Waals surface area contributed by atoms with Crippen LogP contribution < -0.4 is 10.6 Å². The van der Waals surface area contributed by atoms with Crippen molar-refractivity contribution in [3.8, 4) is 0 Å². The van der Waals surface area contributed by atoms with E-state index in [0.717, 1.165) is 12.8 Å². The molecule has 0 heterocycles. The first-order valence-electron chi connectivity index (χ1n) is 7.16. The van der Waals surface area contributed by atoms with Crippen LogP contribution in [0.3, 0.4) is 0 Å². The van der Waals surface area contributed by atoms with Crippen molar-refractivity contribution >= 4 is 11.9 Å². The number of urea groups is 1. The van der Waals surface area contributed by atoms with Gasteiger partial charge in [-0.1, -0.05) is 32.6 Å². The Balaban J connectivity index is 3.87. The number of likely N-dealkylation sites (N-methyl/N-ethyl adjacent to an activating group) is 1. The van der Waals surface area contributed by atoms with Crippen LogP contribution in [0.4, 0.5) is 4.79 Å². The minimum Gasteiger partial charge on any atom is -0.347 e. The Hall–Kier alpha value is -1.26. The van der Waals surface area contributed by atoms with Gasteiger partial charge in [-0.15, -0.1) is 0 Å². The molecule has 5 heteroatoms. The molecule has 0 aromatic rings. The van der Waals surface area contributed by atoms with Gasteiger partial charge in [-0.05, 0) is 20.3 Å². The Morgan fingerprint density at radius 1 is 1.05 bits per heavy atom. The lowest BCUT2D eigenvalue weighted by Crippen LogP contribution is -2.49. The standard InChI is InChI=1S/C14H29N3O2/c1-6-7-8-9-10-11(2)15-14(19)16-12(3)13(18)17(4)5/h11-12H,6-10H2,1-5H3,(H2,15,16,19). The van der Waals surface area contributed by atoms with Crippen LogP contribution in [0.2, 0.25) is 0 Å². The van der Waals surface area contributed by atoms with Crippen molar-refractivity contribution in [3.05, 3.63) is 0 Å². The average Bonchev–Trinajstić information content (AvgIpc) is 2.33. The zero-order valence-electron chi connectivity index (χ0n) is 13.0. The monoisotopic (exact) mass is 271 g/mol. The normalized spacial score (nSPS) is 13.5. The largest absolute Gasteiger partial charge is 0.347 e. The lowest BCUT2D eigenvalue weighted by molar-refractivity contribution is -0.130. The van der Waals surface area contributed by atoms with Crippen LogP contribution in [0.5, 0.6) is 0 Å². The third-order valence-electron chi connectivity index (χ3n) is 3.03. The number of carbonyl (C=O) groups is 2. The third kappa shape index (κ3) is 8.46. The molecule has 0 spiro atoms. The first kappa shape index (κ1) is 17.7. The number of hydrogen-bond acceptors (Lipinski definition) is 2. The first-order chi connectivity index (χ1) is 8.88. The Labute approximate surface area is 117 Å². The summed E-state index contributed by atoms with van der Waals surface area (Å²) in [4.78, 5) is 24.7. The second-order valence-corrected chi connectivity index (χ2v) is 5.32. The fourth-order valence-electron chi connectivity index (χ4n) is 1.86. The molecule has 0 fully saturated rings. The van der Waals surface area contributed by atoms with Crippen molar-refractivity contribution < 1.29 is 9.59 Å². The Morgan fingerprint density at radius 3 is 2.21 bits per heavy atom. The summed E-state index contributed by atoms with van der Waals surface area (Å²) in [5.74, 6) is -0.106. The molecule has 3 amide bonds. The van der Waals surface area contributed by atoms with Gasteiger partial charge in [-0.25, -0.2) is 4.79 Å². The highest BCUT2D eigenvalue weighted by molar-refractivity contribution is 5.86. The summed E-state index contributed by atoms with van der Waals surface area (Å²) in [6.07, 6.45) is 5.77. The molecule has 0 aliphatic rings. The molecule has 0 bridgehead atoms. The summed E-state index contributed by atoms with van der Waals surface area (Å²) in [5.41, 5.74) is 0. The second-order valence-electron chi connectivity index (χ2n) is 5.32. The van der Waals surface area contributed by atoms with Gasteiger partial charge in [0.25, 0.3) is 0 Å². The minimum absolute atomic E-state index is 0.106. The summed E-state index contributed by atoms with van der Waals surface area (Å²) in [5, 5.41) is 5.51. The van der Waals surface area contributed by atoms with E-state index in [4.69, 9.17) is 0 Å². The van der Waals surface area contributed by atoms with Crippen LogP contribution in [-0.4, -0.2) is 43.0 Å². The predicted octanol–water partition coefficient (Wildman–Crippen LogP) is 2.12. The van der Waals surface area contributed by atoms with Gasteiger partial charge in [-0.2, -0.15) is 0 Å². The zero-order valence-corrected chi connectivity index (χ0v) is 13.0. The van der Waals surface area contributed by atoms with Crippen molar-refractivity contribution in [3.63, 3.8) is 0 Å². The van der Waals surface area contributed by atoms with E-state index in [1.807, 2.05) is 6.92 Å². The molecule has 0 saturated carbocycles. The van der Waals surface area contributed by atoms with Gasteiger partial charge in [-0.3, -0.25) is 4.79 Å². The Kier molecular flexibility index (Phi) is 9.00. The number of amides is 3. The lowest BCUT2D eigenvalue weighted by Gasteiger charge is -2.20. The van der Waals surface area contributed by atoms with Crippen LogP contribution >= 0.6 is 0 Å². The highest BCUT2D eigenvalue weighted by Crippen LogP contribution is 2.05. The van der Waals surface area contributed by atoms with E-state index in [-0.39, 0.29) is 18.0 Å². The molecule has 0 aromatic heterocycles. The third-order valence-corrected chi connectivity index (χ3v) is 3.03. The number of nitrogens with one attached hydrogen (secondary N) is 2. The summed E-state index contributed by atoms with van der Waals surface area (Å²) in [7, 11) is 3.35. The molecule has 0 saturated heterocycles. The zero-order chi connectivity index (χ0) is 14.8. The maximum atomic E-state index is 11.7. The molecule has 19 heavy (non-hydrogen) atoms. The number of unbranched alkanes of at least 4 members (excludes halogenated alkanes) is 3. The van der Waals surface area contributed by atoms with E-state index < -0.39 is 6.04 Å². The van der Waals surface area contributed by atoms with E-state index in [2.05, 4.69) is 17.6 Å². The van der Waals surface area contributed by atoms with Crippen molar-refractivity contribution in [1.29, 1.82) is 0 Å². The maximum Gasteiger partial charge on any atom is 0.315 e. The summed E-state index contributed by atoms with van der Waals surface area (Å²) in [6, 6.07) is -0.633. The van der Waals surface area contributed by atoms with Gasteiger partial charge in [0.15, 0.2) is 0 Å². The van der Waals surface area contributed by atoms with Gasteiger partial charge in [0.2, 0.25) is 5.91 Å². The molecule has 0 aliphatic heterocycles. The molecule has 0 aromatic carbocycles. The van der Waals surface area contributed by atoms with Crippen LogP contribution in [0.25, 0.3) is 0 Å². The molecule has 5 nitrogen and oxygen atoms in total.